The molecule has 0 amide bonds. The van der Waals surface area contributed by atoms with Crippen molar-refractivity contribution in [3.05, 3.63) is 24.5 Å². The molecule has 0 radical (unpaired) electrons. The Bertz CT molecular complexity index is 559. The number of carboxylic acids is 1. The van der Waals surface area contributed by atoms with Crippen molar-refractivity contribution in [1.29, 1.82) is 0 Å². The SMILES string of the molecule is CC(CCC(=O)O)Nc1ccc2nccnc2n1. The van der Waals surface area contributed by atoms with Crippen LogP contribution in [0.2, 0.25) is 0 Å². The summed E-state index contributed by atoms with van der Waals surface area (Å²) in [6, 6.07) is 3.69. The highest BCUT2D eigenvalue weighted by molar-refractivity contribution is 5.71. The molecule has 2 heterocycles. The number of anilines is 1. The molecule has 2 aromatic heterocycles. The van der Waals surface area contributed by atoms with E-state index in [0.717, 1.165) is 5.52 Å². The Morgan fingerprint density at radius 2 is 2.17 bits per heavy atom. The fourth-order valence-corrected chi connectivity index (χ4v) is 1.60. The number of rotatable bonds is 5. The molecule has 2 N–H and O–H groups in total. The van der Waals surface area contributed by atoms with Crippen molar-refractivity contribution in [2.24, 2.45) is 0 Å². The second kappa shape index (κ2) is 5.39. The Hall–Kier alpha value is -2.24. The van der Waals surface area contributed by atoms with Gasteiger partial charge in [0, 0.05) is 24.9 Å². The number of fused-ring (bicyclic) bond motifs is 1. The van der Waals surface area contributed by atoms with Crippen molar-refractivity contribution in [2.45, 2.75) is 25.8 Å². The molecule has 0 spiro atoms. The van der Waals surface area contributed by atoms with Gasteiger partial charge in [-0.2, -0.15) is 0 Å². The summed E-state index contributed by atoms with van der Waals surface area (Å²) in [7, 11) is 0. The summed E-state index contributed by atoms with van der Waals surface area (Å²) in [6.45, 7) is 1.92. The molecular formula is C12H14N4O2. The van der Waals surface area contributed by atoms with E-state index in [1.807, 2.05) is 19.1 Å². The molecule has 6 nitrogen and oxygen atoms in total. The van der Waals surface area contributed by atoms with Crippen LogP contribution in [0, 0.1) is 0 Å². The molecule has 0 saturated carbocycles. The summed E-state index contributed by atoms with van der Waals surface area (Å²) in [6.07, 6.45) is 3.90. The normalized spacial score (nSPS) is 12.3. The monoisotopic (exact) mass is 246 g/mol. The van der Waals surface area contributed by atoms with Gasteiger partial charge in [0.25, 0.3) is 0 Å². The second-order valence-electron chi connectivity index (χ2n) is 4.07. The van der Waals surface area contributed by atoms with Gasteiger partial charge in [-0.05, 0) is 25.5 Å². The third-order valence-electron chi connectivity index (χ3n) is 2.52. The Morgan fingerprint density at radius 3 is 2.94 bits per heavy atom. The molecule has 0 bridgehead atoms. The lowest BCUT2D eigenvalue weighted by atomic mass is 10.2. The molecule has 1 unspecified atom stereocenters. The maximum absolute atomic E-state index is 10.5. The zero-order valence-electron chi connectivity index (χ0n) is 10.00. The van der Waals surface area contributed by atoms with Crippen LogP contribution in [-0.2, 0) is 4.79 Å². The van der Waals surface area contributed by atoms with E-state index in [1.54, 1.807) is 12.4 Å². The van der Waals surface area contributed by atoms with Gasteiger partial charge in [-0.3, -0.25) is 9.78 Å². The average molecular weight is 246 g/mol. The number of pyridine rings is 1. The molecule has 0 aliphatic carbocycles. The van der Waals surface area contributed by atoms with E-state index in [0.29, 0.717) is 17.9 Å². The van der Waals surface area contributed by atoms with Gasteiger partial charge in [0.05, 0.1) is 0 Å². The number of carboxylic acid groups (broad SMARTS) is 1. The minimum absolute atomic E-state index is 0.0442. The van der Waals surface area contributed by atoms with E-state index in [9.17, 15) is 4.79 Å². The first kappa shape index (κ1) is 12.2. The number of aromatic nitrogens is 3. The van der Waals surface area contributed by atoms with Gasteiger partial charge in [0.15, 0.2) is 5.65 Å². The number of carbonyl (C=O) groups is 1. The van der Waals surface area contributed by atoms with Gasteiger partial charge in [0.2, 0.25) is 0 Å². The first-order valence-electron chi connectivity index (χ1n) is 5.71. The molecule has 0 aliphatic rings. The van der Waals surface area contributed by atoms with Crippen molar-refractivity contribution < 1.29 is 9.90 Å². The summed E-state index contributed by atoms with van der Waals surface area (Å²) in [5.41, 5.74) is 1.31. The molecule has 2 aromatic rings. The second-order valence-corrected chi connectivity index (χ2v) is 4.07. The average Bonchev–Trinajstić information content (AvgIpc) is 2.36. The van der Waals surface area contributed by atoms with Crippen LogP contribution in [0.3, 0.4) is 0 Å². The zero-order valence-corrected chi connectivity index (χ0v) is 10.00. The van der Waals surface area contributed by atoms with Crippen LogP contribution in [0.25, 0.3) is 11.2 Å². The van der Waals surface area contributed by atoms with Crippen LogP contribution < -0.4 is 5.32 Å². The molecule has 18 heavy (non-hydrogen) atoms. The molecule has 0 fully saturated rings. The highest BCUT2D eigenvalue weighted by Gasteiger charge is 2.06. The first-order valence-corrected chi connectivity index (χ1v) is 5.71. The molecular weight excluding hydrogens is 232 g/mol. The summed E-state index contributed by atoms with van der Waals surface area (Å²) in [5.74, 6) is -0.109. The van der Waals surface area contributed by atoms with E-state index >= 15 is 0 Å². The zero-order chi connectivity index (χ0) is 13.0. The van der Waals surface area contributed by atoms with Gasteiger partial charge in [-0.1, -0.05) is 0 Å². The van der Waals surface area contributed by atoms with Crippen molar-refractivity contribution in [3.8, 4) is 0 Å². The number of hydrogen-bond acceptors (Lipinski definition) is 5. The summed E-state index contributed by atoms with van der Waals surface area (Å²) < 4.78 is 0. The highest BCUT2D eigenvalue weighted by atomic mass is 16.4. The van der Waals surface area contributed by atoms with Crippen LogP contribution in [0.15, 0.2) is 24.5 Å². The quantitative estimate of drug-likeness (QED) is 0.834. The number of nitrogens with one attached hydrogen (secondary N) is 1. The van der Waals surface area contributed by atoms with Crippen LogP contribution in [-0.4, -0.2) is 32.1 Å². The van der Waals surface area contributed by atoms with Crippen molar-refractivity contribution in [1.82, 2.24) is 15.0 Å². The summed E-state index contributed by atoms with van der Waals surface area (Å²) in [4.78, 5) is 23.0. The van der Waals surface area contributed by atoms with Gasteiger partial charge in [0.1, 0.15) is 11.3 Å². The van der Waals surface area contributed by atoms with Gasteiger partial charge < -0.3 is 10.4 Å². The maximum Gasteiger partial charge on any atom is 0.303 e. The van der Waals surface area contributed by atoms with E-state index in [1.165, 1.54) is 0 Å². The highest BCUT2D eigenvalue weighted by Crippen LogP contribution is 2.12. The third kappa shape index (κ3) is 3.13. The lowest BCUT2D eigenvalue weighted by molar-refractivity contribution is -0.137. The lowest BCUT2D eigenvalue weighted by Gasteiger charge is -2.13. The first-order chi connectivity index (χ1) is 8.65. The Morgan fingerprint density at radius 1 is 1.39 bits per heavy atom. The standard InChI is InChI=1S/C12H14N4O2/c1-8(2-5-11(17)18)15-10-4-3-9-12(16-10)14-7-6-13-9/h3-4,6-8H,2,5H2,1H3,(H,17,18)(H,14,15,16). The number of nitrogens with zero attached hydrogens (tertiary/aromatic N) is 3. The van der Waals surface area contributed by atoms with Crippen LogP contribution in [0.5, 0.6) is 0 Å². The topological polar surface area (TPSA) is 88.0 Å². The van der Waals surface area contributed by atoms with Gasteiger partial charge in [-0.25, -0.2) is 9.97 Å². The fourth-order valence-electron chi connectivity index (χ4n) is 1.60. The lowest BCUT2D eigenvalue weighted by Crippen LogP contribution is -2.17. The van der Waals surface area contributed by atoms with Crippen molar-refractivity contribution in [3.63, 3.8) is 0 Å². The summed E-state index contributed by atoms with van der Waals surface area (Å²) in [5, 5.41) is 11.8. The van der Waals surface area contributed by atoms with Gasteiger partial charge >= 0.3 is 5.97 Å². The largest absolute Gasteiger partial charge is 0.481 e. The fraction of sp³-hybridized carbons (Fsp3) is 0.333. The summed E-state index contributed by atoms with van der Waals surface area (Å²) >= 11 is 0. The predicted octanol–water partition coefficient (Wildman–Crippen LogP) is 1.69. The predicted molar refractivity (Wildman–Crippen MR) is 67.3 cm³/mol. The molecule has 0 aromatic carbocycles. The maximum atomic E-state index is 10.5. The molecule has 1 atom stereocenters. The molecule has 0 aliphatic heterocycles. The van der Waals surface area contributed by atoms with E-state index in [2.05, 4.69) is 20.3 Å². The minimum Gasteiger partial charge on any atom is -0.481 e. The van der Waals surface area contributed by atoms with Crippen molar-refractivity contribution in [2.75, 3.05) is 5.32 Å². The third-order valence-corrected chi connectivity index (χ3v) is 2.52. The van der Waals surface area contributed by atoms with Gasteiger partial charge in [-0.15, -0.1) is 0 Å². The van der Waals surface area contributed by atoms with Crippen molar-refractivity contribution >= 4 is 23.0 Å². The van der Waals surface area contributed by atoms with E-state index in [-0.39, 0.29) is 12.5 Å². The minimum atomic E-state index is -0.791. The molecule has 94 valence electrons. The smallest absolute Gasteiger partial charge is 0.303 e. The number of aliphatic carboxylic acids is 1. The molecule has 2 rings (SSSR count). The van der Waals surface area contributed by atoms with Crippen LogP contribution >= 0.6 is 0 Å². The Labute approximate surface area is 104 Å². The van der Waals surface area contributed by atoms with E-state index < -0.39 is 5.97 Å². The Kier molecular flexibility index (Phi) is 3.66. The number of hydrogen-bond donors (Lipinski definition) is 2. The Balaban J connectivity index is 2.05. The molecule has 6 heteroatoms. The van der Waals surface area contributed by atoms with Crippen LogP contribution in [0.1, 0.15) is 19.8 Å². The van der Waals surface area contributed by atoms with E-state index in [4.69, 9.17) is 5.11 Å². The van der Waals surface area contributed by atoms with Crippen LogP contribution in [0.4, 0.5) is 5.82 Å². The molecule has 0 saturated heterocycles.